The number of rotatable bonds is 3. The van der Waals surface area contributed by atoms with Gasteiger partial charge in [0.1, 0.15) is 24.0 Å². The molecule has 7 nitrogen and oxygen atoms in total. The molecule has 0 bridgehead atoms. The molecule has 3 rings (SSSR count). The molecule has 1 unspecified atom stereocenters. The van der Waals surface area contributed by atoms with Gasteiger partial charge < -0.3 is 15.5 Å². The molecule has 2 fully saturated rings. The van der Waals surface area contributed by atoms with E-state index in [9.17, 15) is 9.59 Å². The Morgan fingerprint density at radius 2 is 2.10 bits per heavy atom. The number of carbonyl (C=O) groups is 2. The number of hydrogen-bond donors (Lipinski definition) is 2. The standard InChI is InChI=1S/C14H19N5O2/c20-13-5-4-10(17-13)14(21)18-11-8-12(16-9-15-11)19-6-2-1-3-7-19/h8-10H,1-7H2,(H,17,20)(H,15,16,18,21). The number of piperidine rings is 1. The van der Waals surface area contributed by atoms with Crippen LogP contribution in [0.5, 0.6) is 0 Å². The van der Waals surface area contributed by atoms with Gasteiger partial charge in [0.2, 0.25) is 11.8 Å². The molecule has 0 radical (unpaired) electrons. The van der Waals surface area contributed by atoms with Crippen LogP contribution in [0.2, 0.25) is 0 Å². The maximum absolute atomic E-state index is 12.0. The highest BCUT2D eigenvalue weighted by Gasteiger charge is 2.27. The summed E-state index contributed by atoms with van der Waals surface area (Å²) < 4.78 is 0. The third-order valence-electron chi connectivity index (χ3n) is 3.90. The highest BCUT2D eigenvalue weighted by molar-refractivity contribution is 5.98. The molecule has 2 aliphatic rings. The quantitative estimate of drug-likeness (QED) is 0.854. The Kier molecular flexibility index (Phi) is 3.98. The van der Waals surface area contributed by atoms with Crippen LogP contribution in [0.15, 0.2) is 12.4 Å². The van der Waals surface area contributed by atoms with E-state index in [0.717, 1.165) is 18.9 Å². The number of aromatic nitrogens is 2. The Morgan fingerprint density at radius 3 is 2.81 bits per heavy atom. The minimum atomic E-state index is -0.453. The van der Waals surface area contributed by atoms with E-state index >= 15 is 0 Å². The normalized spacial score (nSPS) is 22.0. The number of amides is 2. The van der Waals surface area contributed by atoms with Gasteiger partial charge in [0.15, 0.2) is 0 Å². The smallest absolute Gasteiger partial charge is 0.248 e. The molecule has 0 spiro atoms. The molecule has 1 atom stereocenters. The average molecular weight is 289 g/mol. The predicted molar refractivity (Wildman–Crippen MR) is 77.9 cm³/mol. The third kappa shape index (κ3) is 3.29. The number of anilines is 2. The summed E-state index contributed by atoms with van der Waals surface area (Å²) in [5, 5.41) is 5.40. The van der Waals surface area contributed by atoms with Crippen LogP contribution in [-0.2, 0) is 9.59 Å². The van der Waals surface area contributed by atoms with E-state index in [4.69, 9.17) is 0 Å². The van der Waals surface area contributed by atoms with Crippen LogP contribution >= 0.6 is 0 Å². The van der Waals surface area contributed by atoms with E-state index in [1.54, 1.807) is 6.07 Å². The van der Waals surface area contributed by atoms with E-state index in [2.05, 4.69) is 25.5 Å². The Morgan fingerprint density at radius 1 is 1.29 bits per heavy atom. The Labute approximate surface area is 123 Å². The van der Waals surface area contributed by atoms with Crippen molar-refractivity contribution in [2.45, 2.75) is 38.1 Å². The lowest BCUT2D eigenvalue weighted by Crippen LogP contribution is -2.37. The van der Waals surface area contributed by atoms with E-state index in [-0.39, 0.29) is 11.8 Å². The molecule has 3 heterocycles. The van der Waals surface area contributed by atoms with E-state index in [1.165, 1.54) is 25.6 Å². The number of carbonyl (C=O) groups excluding carboxylic acids is 2. The summed E-state index contributed by atoms with van der Waals surface area (Å²) in [4.78, 5) is 33.8. The first-order valence-electron chi connectivity index (χ1n) is 7.39. The Hall–Kier alpha value is -2.18. The number of nitrogens with one attached hydrogen (secondary N) is 2. The molecule has 0 saturated carbocycles. The zero-order valence-corrected chi connectivity index (χ0v) is 11.8. The van der Waals surface area contributed by atoms with Crippen LogP contribution in [-0.4, -0.2) is 40.9 Å². The van der Waals surface area contributed by atoms with Gasteiger partial charge in [-0.1, -0.05) is 0 Å². The number of nitrogens with zero attached hydrogens (tertiary/aromatic N) is 3. The van der Waals surface area contributed by atoms with Gasteiger partial charge >= 0.3 is 0 Å². The zero-order chi connectivity index (χ0) is 14.7. The SMILES string of the molecule is O=C1CCC(C(=O)Nc2cc(N3CCCCC3)ncn2)N1. The second-order valence-electron chi connectivity index (χ2n) is 5.46. The van der Waals surface area contributed by atoms with Gasteiger partial charge in [-0.2, -0.15) is 0 Å². The molecule has 2 amide bonds. The first-order valence-corrected chi connectivity index (χ1v) is 7.39. The van der Waals surface area contributed by atoms with Gasteiger partial charge in [0.05, 0.1) is 0 Å². The van der Waals surface area contributed by atoms with Crippen LogP contribution < -0.4 is 15.5 Å². The molecule has 1 aromatic rings. The lowest BCUT2D eigenvalue weighted by Gasteiger charge is -2.27. The van der Waals surface area contributed by atoms with Gasteiger partial charge in [0, 0.05) is 25.6 Å². The van der Waals surface area contributed by atoms with Crippen molar-refractivity contribution in [1.82, 2.24) is 15.3 Å². The molecule has 21 heavy (non-hydrogen) atoms. The summed E-state index contributed by atoms with van der Waals surface area (Å²) in [5.41, 5.74) is 0. The molecular formula is C14H19N5O2. The second kappa shape index (κ2) is 6.07. The highest BCUT2D eigenvalue weighted by Crippen LogP contribution is 2.19. The zero-order valence-electron chi connectivity index (χ0n) is 11.8. The van der Waals surface area contributed by atoms with E-state index < -0.39 is 6.04 Å². The van der Waals surface area contributed by atoms with Crippen molar-refractivity contribution in [3.8, 4) is 0 Å². The lowest BCUT2D eigenvalue weighted by molar-refractivity contribution is -0.122. The largest absolute Gasteiger partial charge is 0.356 e. The molecule has 2 saturated heterocycles. The summed E-state index contributed by atoms with van der Waals surface area (Å²) in [5.74, 6) is 1.03. The fraction of sp³-hybridized carbons (Fsp3) is 0.571. The van der Waals surface area contributed by atoms with Crippen molar-refractivity contribution in [2.24, 2.45) is 0 Å². The molecule has 1 aromatic heterocycles. The van der Waals surface area contributed by atoms with Crippen molar-refractivity contribution in [1.29, 1.82) is 0 Å². The fourth-order valence-corrected chi connectivity index (χ4v) is 2.74. The molecule has 2 aliphatic heterocycles. The molecule has 2 N–H and O–H groups in total. The van der Waals surface area contributed by atoms with Crippen LogP contribution in [0.1, 0.15) is 32.1 Å². The lowest BCUT2D eigenvalue weighted by atomic mass is 10.1. The van der Waals surface area contributed by atoms with Gasteiger partial charge in [-0.15, -0.1) is 0 Å². The van der Waals surface area contributed by atoms with Crippen molar-refractivity contribution in [2.75, 3.05) is 23.3 Å². The first-order chi connectivity index (χ1) is 10.2. The van der Waals surface area contributed by atoms with Crippen LogP contribution in [0.3, 0.4) is 0 Å². The molecule has 7 heteroatoms. The monoisotopic (exact) mass is 289 g/mol. The van der Waals surface area contributed by atoms with Gasteiger partial charge in [-0.25, -0.2) is 9.97 Å². The summed E-state index contributed by atoms with van der Waals surface area (Å²) in [7, 11) is 0. The maximum atomic E-state index is 12.0. The van der Waals surface area contributed by atoms with Gasteiger partial charge in [0.25, 0.3) is 0 Å². The molecular weight excluding hydrogens is 270 g/mol. The Bertz CT molecular complexity index is 542. The number of hydrogen-bond acceptors (Lipinski definition) is 5. The second-order valence-corrected chi connectivity index (χ2v) is 5.46. The molecule has 0 aromatic carbocycles. The first kappa shape index (κ1) is 13.8. The minimum absolute atomic E-state index is 0.0770. The summed E-state index contributed by atoms with van der Waals surface area (Å²) in [6, 6.07) is 1.34. The molecule has 112 valence electrons. The maximum Gasteiger partial charge on any atom is 0.248 e. The van der Waals surface area contributed by atoms with Gasteiger partial charge in [-0.05, 0) is 25.7 Å². The topological polar surface area (TPSA) is 87.2 Å². The Balaban J connectivity index is 1.65. The van der Waals surface area contributed by atoms with Crippen molar-refractivity contribution >= 4 is 23.5 Å². The van der Waals surface area contributed by atoms with Crippen LogP contribution in [0.4, 0.5) is 11.6 Å². The highest BCUT2D eigenvalue weighted by atomic mass is 16.2. The summed E-state index contributed by atoms with van der Waals surface area (Å²) in [6.45, 7) is 1.98. The summed E-state index contributed by atoms with van der Waals surface area (Å²) in [6.07, 6.45) is 5.99. The van der Waals surface area contributed by atoms with E-state index in [0.29, 0.717) is 18.7 Å². The molecule has 0 aliphatic carbocycles. The third-order valence-corrected chi connectivity index (χ3v) is 3.90. The average Bonchev–Trinajstić information content (AvgIpc) is 2.95. The minimum Gasteiger partial charge on any atom is -0.356 e. The van der Waals surface area contributed by atoms with Gasteiger partial charge in [-0.3, -0.25) is 9.59 Å². The fourth-order valence-electron chi connectivity index (χ4n) is 2.74. The van der Waals surface area contributed by atoms with Crippen LogP contribution in [0.25, 0.3) is 0 Å². The summed E-state index contributed by atoms with van der Waals surface area (Å²) >= 11 is 0. The van der Waals surface area contributed by atoms with Crippen molar-refractivity contribution in [3.63, 3.8) is 0 Å². The van der Waals surface area contributed by atoms with Crippen LogP contribution in [0, 0.1) is 0 Å². The van der Waals surface area contributed by atoms with Crippen molar-refractivity contribution in [3.05, 3.63) is 12.4 Å². The van der Waals surface area contributed by atoms with Crippen molar-refractivity contribution < 1.29 is 9.59 Å². The predicted octanol–water partition coefficient (Wildman–Crippen LogP) is 0.684. The van der Waals surface area contributed by atoms with E-state index in [1.807, 2.05) is 0 Å².